The first kappa shape index (κ1) is 28.9. The minimum Gasteiger partial charge on any atom is -0.508 e. The molecule has 8 nitrogen and oxygen atoms in total. The zero-order chi connectivity index (χ0) is 25.0. The van der Waals surface area contributed by atoms with Crippen LogP contribution in [0, 0.1) is 0 Å². The summed E-state index contributed by atoms with van der Waals surface area (Å²) in [6.07, 6.45) is -0.720. The van der Waals surface area contributed by atoms with E-state index in [4.69, 9.17) is 14.2 Å². The van der Waals surface area contributed by atoms with Crippen molar-refractivity contribution < 1.29 is 34.3 Å². The fraction of sp³-hybridized carbons (Fsp3) is 0.296. The summed E-state index contributed by atoms with van der Waals surface area (Å²) in [6, 6.07) is 19.0. The molecule has 0 radical (unpaired) electrons. The molecule has 0 saturated carbocycles. The van der Waals surface area contributed by atoms with Crippen molar-refractivity contribution in [3.05, 3.63) is 77.9 Å². The highest BCUT2D eigenvalue weighted by atomic mass is 35.5. The molecule has 0 fully saturated rings. The monoisotopic (exact) mass is 517 g/mol. The average molecular weight is 518 g/mol. The summed E-state index contributed by atoms with van der Waals surface area (Å²) in [5, 5.41) is 32.2. The summed E-state index contributed by atoms with van der Waals surface area (Å²) >= 11 is 0. The van der Waals surface area contributed by atoms with E-state index < -0.39 is 12.1 Å². The standard InChI is InChI=1S/C27H31NO7.ClH/c1-2-33-14-15-35-26-17-20(8-11-24(26)27(31)32)19-6-9-23(10-7-19)34-13-12-28-18-25(30)21-4-3-5-22(29)16-21;/h3-11,16-17,25,28-30H,2,12-15,18H2,1H3,(H,31,32);1H/t25-;/m1./s1. The van der Waals surface area contributed by atoms with Crippen molar-refractivity contribution in [3.63, 3.8) is 0 Å². The molecule has 0 aliphatic carbocycles. The molecule has 194 valence electrons. The molecule has 3 rings (SSSR count). The van der Waals surface area contributed by atoms with Gasteiger partial charge in [0.1, 0.15) is 36.0 Å². The van der Waals surface area contributed by atoms with Gasteiger partial charge in [-0.15, -0.1) is 12.4 Å². The number of aliphatic hydroxyl groups is 1. The lowest BCUT2D eigenvalue weighted by atomic mass is 10.0. The quantitative estimate of drug-likeness (QED) is 0.234. The summed E-state index contributed by atoms with van der Waals surface area (Å²) in [5.74, 6) is 0.0691. The molecule has 0 bridgehead atoms. The number of halogens is 1. The number of hydrogen-bond acceptors (Lipinski definition) is 7. The second-order valence-electron chi connectivity index (χ2n) is 7.75. The number of rotatable bonds is 14. The van der Waals surface area contributed by atoms with Gasteiger partial charge in [0, 0.05) is 19.7 Å². The average Bonchev–Trinajstić information content (AvgIpc) is 2.86. The molecule has 3 aromatic carbocycles. The Balaban J connectivity index is 0.00000456. The van der Waals surface area contributed by atoms with E-state index in [0.717, 1.165) is 11.1 Å². The molecule has 1 atom stereocenters. The fourth-order valence-electron chi connectivity index (χ4n) is 3.43. The van der Waals surface area contributed by atoms with Gasteiger partial charge in [0.2, 0.25) is 0 Å². The van der Waals surface area contributed by atoms with Crippen LogP contribution < -0.4 is 14.8 Å². The van der Waals surface area contributed by atoms with E-state index in [0.29, 0.717) is 50.0 Å². The molecule has 9 heteroatoms. The van der Waals surface area contributed by atoms with E-state index in [9.17, 15) is 20.1 Å². The van der Waals surface area contributed by atoms with Crippen molar-refractivity contribution in [3.8, 4) is 28.4 Å². The summed E-state index contributed by atoms with van der Waals surface area (Å²) in [5.41, 5.74) is 2.48. The van der Waals surface area contributed by atoms with Crippen LogP contribution in [-0.2, 0) is 4.74 Å². The molecule has 4 N–H and O–H groups in total. The predicted molar refractivity (Wildman–Crippen MR) is 140 cm³/mol. The second kappa shape index (κ2) is 15.0. The number of aromatic carboxylic acids is 1. The number of phenolic OH excluding ortho intramolecular Hbond substituents is 1. The van der Waals surface area contributed by atoms with Crippen molar-refractivity contribution in [2.75, 3.05) is 39.5 Å². The van der Waals surface area contributed by atoms with Crippen molar-refractivity contribution in [2.45, 2.75) is 13.0 Å². The maximum Gasteiger partial charge on any atom is 0.339 e. The molecule has 3 aromatic rings. The number of aliphatic hydroxyl groups excluding tert-OH is 1. The fourth-order valence-corrected chi connectivity index (χ4v) is 3.43. The Morgan fingerprint density at radius 1 is 0.944 bits per heavy atom. The summed E-state index contributed by atoms with van der Waals surface area (Å²) in [4.78, 5) is 11.5. The van der Waals surface area contributed by atoms with Gasteiger partial charge < -0.3 is 34.8 Å². The Morgan fingerprint density at radius 3 is 2.39 bits per heavy atom. The largest absolute Gasteiger partial charge is 0.508 e. The van der Waals surface area contributed by atoms with Crippen molar-refractivity contribution in [2.24, 2.45) is 0 Å². The van der Waals surface area contributed by atoms with E-state index >= 15 is 0 Å². The first-order valence-corrected chi connectivity index (χ1v) is 11.5. The number of nitrogens with one attached hydrogen (secondary N) is 1. The molecular weight excluding hydrogens is 486 g/mol. The van der Waals surface area contributed by atoms with Crippen LogP contribution in [0.1, 0.15) is 28.9 Å². The molecule has 36 heavy (non-hydrogen) atoms. The van der Waals surface area contributed by atoms with Gasteiger partial charge in [0.15, 0.2) is 0 Å². The molecular formula is C27H32ClNO7. The van der Waals surface area contributed by atoms with E-state index in [1.54, 1.807) is 30.3 Å². The number of hydrogen-bond donors (Lipinski definition) is 4. The van der Waals surface area contributed by atoms with Crippen LogP contribution in [0.4, 0.5) is 0 Å². The third kappa shape index (κ3) is 8.73. The number of carbonyl (C=O) groups is 1. The highest BCUT2D eigenvalue weighted by molar-refractivity contribution is 5.92. The zero-order valence-corrected chi connectivity index (χ0v) is 20.9. The van der Waals surface area contributed by atoms with Gasteiger partial charge in [0.05, 0.1) is 12.7 Å². The minimum absolute atomic E-state index is 0. The first-order chi connectivity index (χ1) is 17.0. The maximum atomic E-state index is 11.5. The van der Waals surface area contributed by atoms with Gasteiger partial charge in [0.25, 0.3) is 0 Å². The van der Waals surface area contributed by atoms with Gasteiger partial charge in [-0.25, -0.2) is 4.79 Å². The van der Waals surface area contributed by atoms with Gasteiger partial charge in [-0.3, -0.25) is 0 Å². The molecule has 0 unspecified atom stereocenters. The lowest BCUT2D eigenvalue weighted by molar-refractivity contribution is 0.0687. The van der Waals surface area contributed by atoms with Gasteiger partial charge >= 0.3 is 5.97 Å². The van der Waals surface area contributed by atoms with Crippen molar-refractivity contribution in [1.82, 2.24) is 5.32 Å². The second-order valence-corrected chi connectivity index (χ2v) is 7.75. The minimum atomic E-state index is -1.05. The molecule has 0 heterocycles. The Kier molecular flexibility index (Phi) is 12.0. The zero-order valence-electron chi connectivity index (χ0n) is 20.1. The molecule has 0 spiro atoms. The normalized spacial score (nSPS) is 11.4. The number of carboxylic acid groups (broad SMARTS) is 1. The lowest BCUT2D eigenvalue weighted by Gasteiger charge is -2.13. The van der Waals surface area contributed by atoms with Crippen LogP contribution in [0.3, 0.4) is 0 Å². The molecule has 0 aliphatic heterocycles. The highest BCUT2D eigenvalue weighted by Gasteiger charge is 2.13. The highest BCUT2D eigenvalue weighted by Crippen LogP contribution is 2.29. The number of phenols is 1. The maximum absolute atomic E-state index is 11.5. The summed E-state index contributed by atoms with van der Waals surface area (Å²) < 4.78 is 16.7. The number of carboxylic acids is 1. The topological polar surface area (TPSA) is 117 Å². The summed E-state index contributed by atoms with van der Waals surface area (Å²) in [6.45, 7) is 4.40. The van der Waals surface area contributed by atoms with Gasteiger partial charge in [-0.05, 0) is 60.0 Å². The van der Waals surface area contributed by atoms with E-state index in [1.165, 1.54) is 12.1 Å². The summed E-state index contributed by atoms with van der Waals surface area (Å²) in [7, 11) is 0. The predicted octanol–water partition coefficient (Wildman–Crippen LogP) is 4.30. The van der Waals surface area contributed by atoms with Crippen LogP contribution in [0.5, 0.6) is 17.2 Å². The third-order valence-electron chi connectivity index (χ3n) is 5.23. The molecule has 0 aliphatic rings. The Hall–Kier alpha value is -3.30. The van der Waals surface area contributed by atoms with Crippen molar-refractivity contribution in [1.29, 1.82) is 0 Å². The number of ether oxygens (including phenoxy) is 3. The Labute approximate surface area is 216 Å². The molecule has 0 saturated heterocycles. The van der Waals surface area contributed by atoms with Crippen LogP contribution in [0.2, 0.25) is 0 Å². The van der Waals surface area contributed by atoms with E-state index in [1.807, 2.05) is 31.2 Å². The lowest BCUT2D eigenvalue weighted by Crippen LogP contribution is -2.26. The van der Waals surface area contributed by atoms with Gasteiger partial charge in [-0.1, -0.05) is 30.3 Å². The Bertz CT molecular complexity index is 1090. The Morgan fingerprint density at radius 2 is 1.69 bits per heavy atom. The molecule has 0 aromatic heterocycles. The molecule has 0 amide bonds. The van der Waals surface area contributed by atoms with Crippen LogP contribution in [0.15, 0.2) is 66.7 Å². The van der Waals surface area contributed by atoms with Crippen LogP contribution in [0.25, 0.3) is 11.1 Å². The third-order valence-corrected chi connectivity index (χ3v) is 5.23. The first-order valence-electron chi connectivity index (χ1n) is 11.5. The smallest absolute Gasteiger partial charge is 0.339 e. The van der Waals surface area contributed by atoms with Crippen LogP contribution >= 0.6 is 12.4 Å². The number of benzene rings is 3. The van der Waals surface area contributed by atoms with Crippen LogP contribution in [-0.4, -0.2) is 60.8 Å². The van der Waals surface area contributed by atoms with Gasteiger partial charge in [-0.2, -0.15) is 0 Å². The van der Waals surface area contributed by atoms with E-state index in [2.05, 4.69) is 5.32 Å². The van der Waals surface area contributed by atoms with Crippen molar-refractivity contribution >= 4 is 18.4 Å². The SMILES string of the molecule is CCOCCOc1cc(-c2ccc(OCCNC[C@@H](O)c3cccc(O)c3)cc2)ccc1C(=O)O.Cl. The van der Waals surface area contributed by atoms with E-state index in [-0.39, 0.29) is 30.3 Å². The number of aromatic hydroxyl groups is 1.